The third-order valence-corrected chi connectivity index (χ3v) is 6.20. The molecule has 1 N–H and O–H groups in total. The maximum Gasteiger partial charge on any atom is 0.263 e. The normalized spacial score (nSPS) is 24.0. The molecule has 3 aliphatic rings. The summed E-state index contributed by atoms with van der Waals surface area (Å²) < 4.78 is 5.64. The second-order valence-electron chi connectivity index (χ2n) is 8.98. The van der Waals surface area contributed by atoms with Gasteiger partial charge >= 0.3 is 0 Å². The van der Waals surface area contributed by atoms with Crippen LogP contribution in [0.15, 0.2) is 18.2 Å². The molecule has 30 heavy (non-hydrogen) atoms. The van der Waals surface area contributed by atoms with Gasteiger partial charge < -0.3 is 15.0 Å². The summed E-state index contributed by atoms with van der Waals surface area (Å²) in [5.41, 5.74) is 1.70. The number of amides is 3. The fourth-order valence-electron chi connectivity index (χ4n) is 4.60. The molecule has 4 rings (SSSR count). The zero-order valence-electron chi connectivity index (χ0n) is 17.9. The molecular weight excluding hydrogens is 382 g/mol. The Morgan fingerprint density at radius 3 is 2.77 bits per heavy atom. The van der Waals surface area contributed by atoms with E-state index in [1.54, 1.807) is 6.07 Å². The largest absolute Gasteiger partial charge is 0.376 e. The van der Waals surface area contributed by atoms with E-state index in [2.05, 4.69) is 24.1 Å². The maximum atomic E-state index is 13.2. The second-order valence-corrected chi connectivity index (χ2v) is 8.98. The van der Waals surface area contributed by atoms with Crippen LogP contribution in [0.1, 0.15) is 60.2 Å². The van der Waals surface area contributed by atoms with Crippen molar-refractivity contribution in [2.45, 2.75) is 45.6 Å². The average Bonchev–Trinajstić information content (AvgIpc) is 3.35. The van der Waals surface area contributed by atoms with Crippen molar-refractivity contribution in [2.24, 2.45) is 11.8 Å². The van der Waals surface area contributed by atoms with Gasteiger partial charge in [-0.3, -0.25) is 19.3 Å². The van der Waals surface area contributed by atoms with E-state index in [-0.39, 0.29) is 29.7 Å². The Bertz CT molecular complexity index is 832. The molecule has 3 heterocycles. The minimum absolute atomic E-state index is 0.0697. The molecule has 0 bridgehead atoms. The Kier molecular flexibility index (Phi) is 6.09. The lowest BCUT2D eigenvalue weighted by Crippen LogP contribution is -2.44. The van der Waals surface area contributed by atoms with Gasteiger partial charge in [-0.1, -0.05) is 19.9 Å². The molecule has 3 amide bonds. The van der Waals surface area contributed by atoms with E-state index in [1.165, 1.54) is 4.90 Å². The monoisotopic (exact) mass is 413 g/mol. The number of nitrogens with one attached hydrogen (secondary N) is 1. The van der Waals surface area contributed by atoms with Crippen LogP contribution in [0, 0.1) is 11.8 Å². The van der Waals surface area contributed by atoms with E-state index in [0.717, 1.165) is 37.9 Å². The molecule has 0 saturated carbocycles. The van der Waals surface area contributed by atoms with Gasteiger partial charge in [0.15, 0.2) is 0 Å². The summed E-state index contributed by atoms with van der Waals surface area (Å²) >= 11 is 0. The second kappa shape index (κ2) is 8.76. The van der Waals surface area contributed by atoms with Crippen LogP contribution in [-0.2, 0) is 9.53 Å². The quantitative estimate of drug-likeness (QED) is 0.725. The highest BCUT2D eigenvalue weighted by atomic mass is 16.5. The standard InChI is InChI=1S/C23H31N3O4/c1-15(2)12-24-21(27)16-6-4-10-25(13-16)19-9-3-8-18-20(19)23(29)26(22(18)28)14-17-7-5-11-30-17/h3,8-9,15-17H,4-7,10-14H2,1-2H3,(H,24,27)/t16-,17+/m0/s1. The summed E-state index contributed by atoms with van der Waals surface area (Å²) in [5.74, 6) is -0.112. The smallest absolute Gasteiger partial charge is 0.263 e. The predicted molar refractivity (Wildman–Crippen MR) is 114 cm³/mol. The highest BCUT2D eigenvalue weighted by molar-refractivity contribution is 6.23. The molecule has 0 spiro atoms. The number of hydrogen-bond acceptors (Lipinski definition) is 5. The van der Waals surface area contributed by atoms with Gasteiger partial charge in [0.1, 0.15) is 0 Å². The Morgan fingerprint density at radius 1 is 1.20 bits per heavy atom. The number of ether oxygens (including phenoxy) is 1. The zero-order chi connectivity index (χ0) is 21.3. The number of fused-ring (bicyclic) bond motifs is 1. The van der Waals surface area contributed by atoms with Gasteiger partial charge in [0.05, 0.1) is 35.4 Å². The van der Waals surface area contributed by atoms with E-state index in [4.69, 9.17) is 4.74 Å². The molecule has 0 aromatic heterocycles. The third-order valence-electron chi connectivity index (χ3n) is 6.20. The molecule has 0 radical (unpaired) electrons. The first-order valence-electron chi connectivity index (χ1n) is 11.1. The van der Waals surface area contributed by atoms with Gasteiger partial charge in [-0.05, 0) is 43.7 Å². The van der Waals surface area contributed by atoms with Crippen LogP contribution in [0.4, 0.5) is 5.69 Å². The lowest BCUT2D eigenvalue weighted by molar-refractivity contribution is -0.125. The summed E-state index contributed by atoms with van der Waals surface area (Å²) in [6.07, 6.45) is 3.49. The number of carbonyl (C=O) groups excluding carboxylic acids is 3. The first-order chi connectivity index (χ1) is 14.5. The molecular formula is C23H31N3O4. The van der Waals surface area contributed by atoms with Gasteiger partial charge in [0, 0.05) is 26.2 Å². The van der Waals surface area contributed by atoms with E-state index < -0.39 is 0 Å². The summed E-state index contributed by atoms with van der Waals surface area (Å²) in [6, 6.07) is 5.46. The molecule has 2 fully saturated rings. The van der Waals surface area contributed by atoms with E-state index >= 15 is 0 Å². The van der Waals surface area contributed by atoms with Crippen molar-refractivity contribution in [1.82, 2.24) is 10.2 Å². The zero-order valence-corrected chi connectivity index (χ0v) is 17.9. The van der Waals surface area contributed by atoms with Gasteiger partial charge in [0.25, 0.3) is 11.8 Å². The van der Waals surface area contributed by atoms with Gasteiger partial charge in [-0.15, -0.1) is 0 Å². The third kappa shape index (κ3) is 4.08. The number of hydrogen-bond donors (Lipinski definition) is 1. The molecule has 7 nitrogen and oxygen atoms in total. The van der Waals surface area contributed by atoms with Crippen LogP contribution in [0.5, 0.6) is 0 Å². The number of carbonyl (C=O) groups is 3. The molecule has 0 unspecified atom stereocenters. The van der Waals surface area contributed by atoms with Crippen molar-refractivity contribution in [3.8, 4) is 0 Å². The van der Waals surface area contributed by atoms with Gasteiger partial charge in [-0.25, -0.2) is 0 Å². The van der Waals surface area contributed by atoms with E-state index in [9.17, 15) is 14.4 Å². The molecule has 1 aromatic rings. The van der Waals surface area contributed by atoms with Crippen molar-refractivity contribution < 1.29 is 19.1 Å². The van der Waals surface area contributed by atoms with Crippen LogP contribution < -0.4 is 10.2 Å². The van der Waals surface area contributed by atoms with Crippen molar-refractivity contribution in [3.63, 3.8) is 0 Å². The highest BCUT2D eigenvalue weighted by Crippen LogP contribution is 2.34. The molecule has 2 atom stereocenters. The van der Waals surface area contributed by atoms with Crippen LogP contribution >= 0.6 is 0 Å². The summed E-state index contributed by atoms with van der Waals surface area (Å²) in [6.45, 7) is 7.16. The van der Waals surface area contributed by atoms with Crippen molar-refractivity contribution >= 4 is 23.4 Å². The lowest BCUT2D eigenvalue weighted by atomic mass is 9.95. The van der Waals surface area contributed by atoms with Crippen LogP contribution in [0.25, 0.3) is 0 Å². The molecule has 7 heteroatoms. The fraction of sp³-hybridized carbons (Fsp3) is 0.609. The number of benzene rings is 1. The summed E-state index contributed by atoms with van der Waals surface area (Å²) in [7, 11) is 0. The van der Waals surface area contributed by atoms with Crippen molar-refractivity contribution in [2.75, 3.05) is 37.7 Å². The van der Waals surface area contributed by atoms with Crippen LogP contribution in [-0.4, -0.2) is 61.5 Å². The van der Waals surface area contributed by atoms with E-state index in [0.29, 0.717) is 43.3 Å². The summed E-state index contributed by atoms with van der Waals surface area (Å²) in [4.78, 5) is 42.1. The highest BCUT2D eigenvalue weighted by Gasteiger charge is 2.40. The first kappa shape index (κ1) is 20.8. The topological polar surface area (TPSA) is 79.0 Å². The van der Waals surface area contributed by atoms with Crippen LogP contribution in [0.2, 0.25) is 0 Å². The SMILES string of the molecule is CC(C)CNC(=O)[C@H]1CCCN(c2cccc3c2C(=O)N(C[C@H]2CCCO2)C3=O)C1. The number of piperidine rings is 1. The van der Waals surface area contributed by atoms with Crippen LogP contribution in [0.3, 0.4) is 0 Å². The Balaban J connectivity index is 1.52. The predicted octanol–water partition coefficient (Wildman–Crippen LogP) is 2.45. The summed E-state index contributed by atoms with van der Waals surface area (Å²) in [5, 5.41) is 3.03. The van der Waals surface area contributed by atoms with Crippen molar-refractivity contribution in [1.29, 1.82) is 0 Å². The Morgan fingerprint density at radius 2 is 2.03 bits per heavy atom. The molecule has 162 valence electrons. The number of rotatable bonds is 6. The molecule has 2 saturated heterocycles. The minimum atomic E-state index is -0.243. The maximum absolute atomic E-state index is 13.2. The first-order valence-corrected chi connectivity index (χ1v) is 11.1. The van der Waals surface area contributed by atoms with Gasteiger partial charge in [-0.2, -0.15) is 0 Å². The van der Waals surface area contributed by atoms with Gasteiger partial charge in [0.2, 0.25) is 5.91 Å². The fourth-order valence-corrected chi connectivity index (χ4v) is 4.60. The number of imide groups is 1. The average molecular weight is 414 g/mol. The van der Waals surface area contributed by atoms with Crippen molar-refractivity contribution in [3.05, 3.63) is 29.3 Å². The number of anilines is 1. The lowest BCUT2D eigenvalue weighted by Gasteiger charge is -2.34. The Labute approximate surface area is 177 Å². The Hall–Kier alpha value is -2.41. The molecule has 0 aliphatic carbocycles. The number of nitrogens with zero attached hydrogens (tertiary/aromatic N) is 2. The molecule has 1 aromatic carbocycles. The molecule has 3 aliphatic heterocycles. The van der Waals surface area contributed by atoms with E-state index in [1.807, 2.05) is 12.1 Å². The minimum Gasteiger partial charge on any atom is -0.376 e.